The molecule has 34 heavy (non-hydrogen) atoms. The third kappa shape index (κ3) is 4.37. The molecule has 2 aromatic heterocycles. The molecular weight excluding hydrogens is 489 g/mol. The van der Waals surface area contributed by atoms with E-state index >= 15 is 0 Å². The van der Waals surface area contributed by atoms with E-state index in [1.807, 2.05) is 66.7 Å². The topological polar surface area (TPSA) is 50.5 Å². The lowest BCUT2D eigenvalue weighted by molar-refractivity contribution is 0.269. The molecule has 3 heterocycles. The van der Waals surface area contributed by atoms with Gasteiger partial charge in [0.15, 0.2) is 5.11 Å². The van der Waals surface area contributed by atoms with E-state index in [1.54, 1.807) is 19.4 Å². The van der Waals surface area contributed by atoms with Crippen molar-refractivity contribution in [1.29, 1.82) is 0 Å². The predicted octanol–water partition coefficient (Wildman–Crippen LogP) is 6.83. The molecule has 1 fully saturated rings. The van der Waals surface area contributed by atoms with Crippen LogP contribution in [0.4, 0.5) is 0 Å². The highest BCUT2D eigenvalue weighted by molar-refractivity contribution is 7.80. The molecule has 1 aliphatic rings. The molecule has 2 aromatic carbocycles. The van der Waals surface area contributed by atoms with E-state index < -0.39 is 0 Å². The number of halogens is 2. The molecule has 1 N–H and O–H groups in total. The summed E-state index contributed by atoms with van der Waals surface area (Å²) < 4.78 is 11.7. The number of rotatable bonds is 6. The van der Waals surface area contributed by atoms with Gasteiger partial charge in [-0.1, -0.05) is 47.5 Å². The van der Waals surface area contributed by atoms with Crippen molar-refractivity contribution in [2.45, 2.75) is 18.6 Å². The maximum Gasteiger partial charge on any atom is 0.170 e. The van der Waals surface area contributed by atoms with E-state index in [-0.39, 0.29) is 12.1 Å². The molecule has 0 spiro atoms. The fourth-order valence-corrected chi connectivity index (χ4v) is 4.86. The van der Waals surface area contributed by atoms with Crippen LogP contribution in [-0.4, -0.2) is 22.1 Å². The van der Waals surface area contributed by atoms with Gasteiger partial charge in [0, 0.05) is 18.3 Å². The number of benzene rings is 2. The standard InChI is InChI=1S/C26H21Cl2N3O2S/c1-32-17-10-8-16(9-11-17)15-31-25(24(30-26(31)34)20-7-2-3-14-29-20)22-13-12-21(33-22)18-5-4-6-19(27)23(18)28/h2-14,24-25H,15H2,1H3,(H,30,34)/t24-,25-/m1/s1. The molecule has 4 aromatic rings. The number of pyridine rings is 1. The molecule has 5 rings (SSSR count). The van der Waals surface area contributed by atoms with Gasteiger partial charge in [-0.2, -0.15) is 0 Å². The van der Waals surface area contributed by atoms with Crippen LogP contribution in [0.1, 0.15) is 29.1 Å². The lowest BCUT2D eigenvalue weighted by atomic mass is 10.0. The number of nitrogens with zero attached hydrogens (tertiary/aromatic N) is 2. The first kappa shape index (κ1) is 22.7. The highest BCUT2D eigenvalue weighted by Gasteiger charge is 2.41. The molecule has 0 aliphatic carbocycles. The summed E-state index contributed by atoms with van der Waals surface area (Å²) in [5, 5.41) is 5.02. The zero-order valence-corrected chi connectivity index (χ0v) is 20.6. The molecule has 5 nitrogen and oxygen atoms in total. The third-order valence-corrected chi connectivity index (χ3v) is 7.02. The number of nitrogens with one attached hydrogen (secondary N) is 1. The normalized spacial score (nSPS) is 17.6. The van der Waals surface area contributed by atoms with Crippen LogP contribution in [0.25, 0.3) is 11.3 Å². The first-order chi connectivity index (χ1) is 16.5. The first-order valence-corrected chi connectivity index (χ1v) is 11.9. The van der Waals surface area contributed by atoms with Crippen LogP contribution in [0.15, 0.2) is 83.4 Å². The lowest BCUT2D eigenvalue weighted by Gasteiger charge is -2.26. The molecule has 1 aliphatic heterocycles. The molecule has 0 unspecified atom stereocenters. The van der Waals surface area contributed by atoms with Gasteiger partial charge in [-0.25, -0.2) is 0 Å². The number of hydrogen-bond donors (Lipinski definition) is 1. The van der Waals surface area contributed by atoms with Crippen molar-refractivity contribution in [2.24, 2.45) is 0 Å². The fraction of sp³-hybridized carbons (Fsp3) is 0.154. The summed E-state index contributed by atoms with van der Waals surface area (Å²) in [6.45, 7) is 0.595. The summed E-state index contributed by atoms with van der Waals surface area (Å²) in [5.41, 5.74) is 2.72. The molecule has 2 atom stereocenters. The van der Waals surface area contributed by atoms with Crippen molar-refractivity contribution in [2.75, 3.05) is 7.11 Å². The first-order valence-electron chi connectivity index (χ1n) is 10.7. The van der Waals surface area contributed by atoms with E-state index in [9.17, 15) is 0 Å². The quantitative estimate of drug-likeness (QED) is 0.287. The van der Waals surface area contributed by atoms with Crippen molar-refractivity contribution in [3.63, 3.8) is 0 Å². The van der Waals surface area contributed by atoms with Crippen molar-refractivity contribution in [1.82, 2.24) is 15.2 Å². The van der Waals surface area contributed by atoms with Gasteiger partial charge in [0.2, 0.25) is 0 Å². The smallest absolute Gasteiger partial charge is 0.170 e. The Labute approximate surface area is 213 Å². The van der Waals surface area contributed by atoms with Gasteiger partial charge in [0.25, 0.3) is 0 Å². The van der Waals surface area contributed by atoms with Gasteiger partial charge in [-0.3, -0.25) is 4.98 Å². The molecule has 0 radical (unpaired) electrons. The average molecular weight is 510 g/mol. The second-order valence-electron chi connectivity index (χ2n) is 7.91. The monoisotopic (exact) mass is 509 g/mol. The minimum Gasteiger partial charge on any atom is -0.497 e. The Kier molecular flexibility index (Phi) is 6.46. The van der Waals surface area contributed by atoms with Gasteiger partial charge in [-0.15, -0.1) is 0 Å². The number of methoxy groups -OCH3 is 1. The fourth-order valence-electron chi connectivity index (χ4n) is 4.16. The van der Waals surface area contributed by atoms with Gasteiger partial charge >= 0.3 is 0 Å². The Morgan fingerprint density at radius 1 is 1.03 bits per heavy atom. The highest BCUT2D eigenvalue weighted by Crippen LogP contribution is 2.42. The summed E-state index contributed by atoms with van der Waals surface area (Å²) in [5.74, 6) is 2.20. The zero-order chi connectivity index (χ0) is 23.7. The minimum absolute atomic E-state index is 0.180. The summed E-state index contributed by atoms with van der Waals surface area (Å²) in [4.78, 5) is 6.70. The Morgan fingerprint density at radius 3 is 2.59 bits per heavy atom. The van der Waals surface area contributed by atoms with Crippen molar-refractivity contribution >= 4 is 40.5 Å². The molecule has 1 saturated heterocycles. The van der Waals surface area contributed by atoms with Gasteiger partial charge in [0.05, 0.1) is 28.9 Å². The van der Waals surface area contributed by atoms with E-state index in [1.165, 1.54) is 0 Å². The number of thiocarbonyl (C=S) groups is 1. The van der Waals surface area contributed by atoms with Crippen molar-refractivity contribution < 1.29 is 9.15 Å². The molecular formula is C26H21Cl2N3O2S. The van der Waals surface area contributed by atoms with Crippen LogP contribution in [-0.2, 0) is 6.54 Å². The summed E-state index contributed by atoms with van der Waals surface area (Å²) in [7, 11) is 1.66. The van der Waals surface area contributed by atoms with Crippen LogP contribution in [0.2, 0.25) is 10.0 Å². The predicted molar refractivity (Wildman–Crippen MR) is 138 cm³/mol. The second-order valence-corrected chi connectivity index (χ2v) is 9.08. The minimum atomic E-state index is -0.212. The van der Waals surface area contributed by atoms with Gasteiger partial charge in [-0.05, 0) is 66.3 Å². The van der Waals surface area contributed by atoms with E-state index in [0.717, 1.165) is 28.3 Å². The molecule has 172 valence electrons. The summed E-state index contributed by atoms with van der Waals surface area (Å²) in [6, 6.07) is 22.8. The molecule has 0 amide bonds. The maximum atomic E-state index is 6.45. The highest BCUT2D eigenvalue weighted by atomic mass is 35.5. The third-order valence-electron chi connectivity index (χ3n) is 5.85. The molecule has 0 saturated carbocycles. The van der Waals surface area contributed by atoms with Gasteiger partial charge in [0.1, 0.15) is 23.3 Å². The summed E-state index contributed by atoms with van der Waals surface area (Å²) in [6.07, 6.45) is 1.78. The van der Waals surface area contributed by atoms with E-state index in [0.29, 0.717) is 27.5 Å². The zero-order valence-electron chi connectivity index (χ0n) is 18.2. The lowest BCUT2D eigenvalue weighted by Crippen LogP contribution is -2.29. The van der Waals surface area contributed by atoms with Crippen molar-refractivity contribution in [3.8, 4) is 17.1 Å². The number of ether oxygens (including phenoxy) is 1. The number of hydrogen-bond acceptors (Lipinski definition) is 4. The Balaban J connectivity index is 1.53. The number of furan rings is 1. The van der Waals surface area contributed by atoms with Crippen LogP contribution in [0, 0.1) is 0 Å². The van der Waals surface area contributed by atoms with E-state index in [2.05, 4.69) is 15.2 Å². The van der Waals surface area contributed by atoms with E-state index in [4.69, 9.17) is 44.6 Å². The SMILES string of the molecule is COc1ccc(CN2C(=S)N[C@H](c3ccccn3)[C@H]2c2ccc(-c3cccc(Cl)c3Cl)o2)cc1. The van der Waals surface area contributed by atoms with Crippen LogP contribution >= 0.6 is 35.4 Å². The Hall–Kier alpha value is -3.06. The average Bonchev–Trinajstić information content (AvgIpc) is 3.47. The van der Waals surface area contributed by atoms with Gasteiger partial charge < -0.3 is 19.4 Å². The Morgan fingerprint density at radius 2 is 1.85 bits per heavy atom. The molecule has 0 bridgehead atoms. The second kappa shape index (κ2) is 9.66. The Bertz CT molecular complexity index is 1310. The largest absolute Gasteiger partial charge is 0.497 e. The van der Waals surface area contributed by atoms with Crippen LogP contribution in [0.3, 0.4) is 0 Å². The number of aromatic nitrogens is 1. The van der Waals surface area contributed by atoms with Crippen LogP contribution in [0.5, 0.6) is 5.75 Å². The molecule has 8 heteroatoms. The summed E-state index contributed by atoms with van der Waals surface area (Å²) >= 11 is 18.4. The van der Waals surface area contributed by atoms with Crippen LogP contribution < -0.4 is 10.1 Å². The van der Waals surface area contributed by atoms with Crippen molar-refractivity contribution in [3.05, 3.63) is 106 Å². The maximum absolute atomic E-state index is 6.45.